The van der Waals surface area contributed by atoms with Crippen LogP contribution < -0.4 is 5.32 Å². The first-order valence-electron chi connectivity index (χ1n) is 4.66. The predicted molar refractivity (Wildman–Crippen MR) is 55.6 cm³/mol. The van der Waals surface area contributed by atoms with Crippen LogP contribution in [0.1, 0.15) is 22.5 Å². The van der Waals surface area contributed by atoms with E-state index in [0.717, 1.165) is 17.7 Å². The van der Waals surface area contributed by atoms with Crippen molar-refractivity contribution in [3.05, 3.63) is 22.4 Å². The van der Waals surface area contributed by atoms with E-state index in [9.17, 15) is 4.79 Å². The summed E-state index contributed by atoms with van der Waals surface area (Å²) in [5.74, 6) is 0.0413. The van der Waals surface area contributed by atoms with Crippen LogP contribution in [0.5, 0.6) is 0 Å². The van der Waals surface area contributed by atoms with E-state index in [1.807, 2.05) is 17.5 Å². The Morgan fingerprint density at radius 2 is 2.43 bits per heavy atom. The lowest BCUT2D eigenvalue weighted by atomic mass is 9.89. The third-order valence-electron chi connectivity index (χ3n) is 2.51. The molecule has 0 saturated heterocycles. The number of hydrogen-bond donors (Lipinski definition) is 1. The molecule has 0 radical (unpaired) electrons. The maximum atomic E-state index is 11.6. The lowest BCUT2D eigenvalue weighted by molar-refractivity contribution is 0.0177. The molecular weight excluding hydrogens is 198 g/mol. The van der Waals surface area contributed by atoms with Crippen molar-refractivity contribution >= 4 is 17.2 Å². The molecule has 1 fully saturated rings. The normalized spacial score (nSPS) is 25.5. The molecule has 1 amide bonds. The van der Waals surface area contributed by atoms with Gasteiger partial charge in [-0.2, -0.15) is 0 Å². The molecule has 0 atom stereocenters. The van der Waals surface area contributed by atoms with E-state index in [1.54, 1.807) is 7.11 Å². The summed E-state index contributed by atoms with van der Waals surface area (Å²) in [7, 11) is 1.71. The molecule has 76 valence electrons. The van der Waals surface area contributed by atoms with Crippen LogP contribution in [0.2, 0.25) is 0 Å². The molecule has 3 nitrogen and oxygen atoms in total. The first-order chi connectivity index (χ1) is 6.79. The molecule has 1 aliphatic carbocycles. The van der Waals surface area contributed by atoms with Crippen LogP contribution in [0.15, 0.2) is 17.5 Å². The van der Waals surface area contributed by atoms with Gasteiger partial charge in [-0.1, -0.05) is 6.07 Å². The fourth-order valence-corrected chi connectivity index (χ4v) is 2.17. The van der Waals surface area contributed by atoms with E-state index < -0.39 is 0 Å². The van der Waals surface area contributed by atoms with Gasteiger partial charge < -0.3 is 10.1 Å². The molecule has 1 saturated carbocycles. The van der Waals surface area contributed by atoms with E-state index in [4.69, 9.17) is 4.74 Å². The van der Waals surface area contributed by atoms with Crippen LogP contribution in [-0.2, 0) is 4.74 Å². The van der Waals surface area contributed by atoms with Gasteiger partial charge in [-0.25, -0.2) is 0 Å². The fraction of sp³-hybridized carbons (Fsp3) is 0.500. The standard InChI is InChI=1S/C10H13NO2S/c1-13-8-5-7(6-8)11-10(12)9-3-2-4-14-9/h2-4,7-8H,5-6H2,1H3,(H,11,12). The molecule has 14 heavy (non-hydrogen) atoms. The highest BCUT2D eigenvalue weighted by molar-refractivity contribution is 7.12. The molecule has 0 bridgehead atoms. The minimum Gasteiger partial charge on any atom is -0.381 e. The van der Waals surface area contributed by atoms with Gasteiger partial charge in [0.1, 0.15) is 0 Å². The van der Waals surface area contributed by atoms with Gasteiger partial charge in [0.15, 0.2) is 0 Å². The summed E-state index contributed by atoms with van der Waals surface area (Å²) in [4.78, 5) is 12.3. The number of nitrogens with one attached hydrogen (secondary N) is 1. The number of ether oxygens (including phenoxy) is 1. The van der Waals surface area contributed by atoms with Gasteiger partial charge in [-0.05, 0) is 24.3 Å². The first-order valence-corrected chi connectivity index (χ1v) is 5.54. The molecule has 1 heterocycles. The summed E-state index contributed by atoms with van der Waals surface area (Å²) in [6, 6.07) is 4.03. The Labute approximate surface area is 87.1 Å². The van der Waals surface area contributed by atoms with Gasteiger partial charge in [0.25, 0.3) is 5.91 Å². The fourth-order valence-electron chi connectivity index (χ4n) is 1.54. The lowest BCUT2D eigenvalue weighted by Gasteiger charge is -2.34. The average molecular weight is 211 g/mol. The maximum absolute atomic E-state index is 11.6. The Morgan fingerprint density at radius 1 is 1.64 bits per heavy atom. The Balaban J connectivity index is 1.80. The van der Waals surface area contributed by atoms with Gasteiger partial charge in [0, 0.05) is 13.2 Å². The smallest absolute Gasteiger partial charge is 0.261 e. The van der Waals surface area contributed by atoms with E-state index in [1.165, 1.54) is 11.3 Å². The number of hydrogen-bond acceptors (Lipinski definition) is 3. The predicted octanol–water partition coefficient (Wildman–Crippen LogP) is 1.66. The molecular formula is C10H13NO2S. The number of amides is 1. The Bertz CT molecular complexity index is 304. The summed E-state index contributed by atoms with van der Waals surface area (Å²) < 4.78 is 5.14. The second kappa shape index (κ2) is 4.11. The van der Waals surface area contributed by atoms with Crippen LogP contribution >= 0.6 is 11.3 Å². The highest BCUT2D eigenvalue weighted by atomic mass is 32.1. The van der Waals surface area contributed by atoms with Crippen LogP contribution in [0, 0.1) is 0 Å². The molecule has 0 aromatic carbocycles. The van der Waals surface area contributed by atoms with Gasteiger partial charge >= 0.3 is 0 Å². The highest BCUT2D eigenvalue weighted by Crippen LogP contribution is 2.23. The van der Waals surface area contributed by atoms with Crippen LogP contribution in [0.4, 0.5) is 0 Å². The summed E-state index contributed by atoms with van der Waals surface area (Å²) in [5.41, 5.74) is 0. The quantitative estimate of drug-likeness (QED) is 0.825. The third-order valence-corrected chi connectivity index (χ3v) is 3.38. The first kappa shape index (κ1) is 9.68. The van der Waals surface area contributed by atoms with Crippen molar-refractivity contribution in [1.29, 1.82) is 0 Å². The second-order valence-electron chi connectivity index (χ2n) is 3.48. The van der Waals surface area contributed by atoms with Crippen LogP contribution in [0.3, 0.4) is 0 Å². The monoisotopic (exact) mass is 211 g/mol. The third kappa shape index (κ3) is 1.96. The van der Waals surface area contributed by atoms with Crippen molar-refractivity contribution in [2.75, 3.05) is 7.11 Å². The highest BCUT2D eigenvalue weighted by Gasteiger charge is 2.30. The topological polar surface area (TPSA) is 38.3 Å². The number of carbonyl (C=O) groups excluding carboxylic acids is 1. The second-order valence-corrected chi connectivity index (χ2v) is 4.42. The number of rotatable bonds is 3. The molecule has 1 aromatic heterocycles. The summed E-state index contributed by atoms with van der Waals surface area (Å²) in [6.45, 7) is 0. The number of carbonyl (C=O) groups is 1. The summed E-state index contributed by atoms with van der Waals surface area (Å²) in [6.07, 6.45) is 2.21. The van der Waals surface area contributed by atoms with Crippen molar-refractivity contribution in [3.63, 3.8) is 0 Å². The van der Waals surface area contributed by atoms with E-state index in [0.29, 0.717) is 12.1 Å². The maximum Gasteiger partial charge on any atom is 0.261 e. The molecule has 0 unspecified atom stereocenters. The molecule has 2 rings (SSSR count). The number of methoxy groups -OCH3 is 1. The van der Waals surface area contributed by atoms with E-state index in [-0.39, 0.29) is 5.91 Å². The van der Waals surface area contributed by atoms with Gasteiger partial charge in [-0.15, -0.1) is 11.3 Å². The lowest BCUT2D eigenvalue weighted by Crippen LogP contribution is -2.47. The summed E-state index contributed by atoms with van der Waals surface area (Å²) >= 11 is 1.47. The SMILES string of the molecule is COC1CC(NC(=O)c2cccs2)C1. The van der Waals surface area contributed by atoms with E-state index in [2.05, 4.69) is 5.32 Å². The molecule has 0 spiro atoms. The van der Waals surface area contributed by atoms with Crippen molar-refractivity contribution in [1.82, 2.24) is 5.32 Å². The zero-order valence-electron chi connectivity index (χ0n) is 8.03. The minimum atomic E-state index is 0.0413. The molecule has 1 aliphatic rings. The van der Waals surface area contributed by atoms with Gasteiger partial charge in [0.05, 0.1) is 11.0 Å². The van der Waals surface area contributed by atoms with Crippen molar-refractivity contribution in [2.24, 2.45) is 0 Å². The minimum absolute atomic E-state index is 0.0413. The van der Waals surface area contributed by atoms with Crippen molar-refractivity contribution < 1.29 is 9.53 Å². The number of thiophene rings is 1. The summed E-state index contributed by atoms with van der Waals surface area (Å²) in [5, 5.41) is 4.88. The van der Waals surface area contributed by atoms with Gasteiger partial charge in [-0.3, -0.25) is 4.79 Å². The largest absolute Gasteiger partial charge is 0.381 e. The molecule has 1 aromatic rings. The zero-order chi connectivity index (χ0) is 9.97. The van der Waals surface area contributed by atoms with Crippen LogP contribution in [0.25, 0.3) is 0 Å². The van der Waals surface area contributed by atoms with Gasteiger partial charge in [0.2, 0.25) is 0 Å². The Morgan fingerprint density at radius 3 is 3.00 bits per heavy atom. The van der Waals surface area contributed by atoms with Crippen molar-refractivity contribution in [2.45, 2.75) is 25.0 Å². The molecule has 4 heteroatoms. The Hall–Kier alpha value is -0.870. The Kier molecular flexibility index (Phi) is 2.84. The van der Waals surface area contributed by atoms with Crippen molar-refractivity contribution in [3.8, 4) is 0 Å². The zero-order valence-corrected chi connectivity index (χ0v) is 8.84. The molecule has 0 aliphatic heterocycles. The average Bonchev–Trinajstić information content (AvgIpc) is 2.62. The van der Waals surface area contributed by atoms with Crippen LogP contribution in [-0.4, -0.2) is 25.2 Å². The molecule has 1 N–H and O–H groups in total. The van der Waals surface area contributed by atoms with E-state index >= 15 is 0 Å².